The first kappa shape index (κ1) is 13.1. The summed E-state index contributed by atoms with van der Waals surface area (Å²) in [7, 11) is -1.53. The van der Waals surface area contributed by atoms with Crippen LogP contribution in [0.2, 0.25) is 5.54 Å². The van der Waals surface area contributed by atoms with Crippen molar-refractivity contribution in [2.75, 3.05) is 0 Å². The highest BCUT2D eigenvalue weighted by molar-refractivity contribution is 7.34. The molecule has 0 heterocycles. The SMILES string of the molecule is CCCc1ccccc1CC(C)[SiH](Cl)Cl. The van der Waals surface area contributed by atoms with Gasteiger partial charge in [0.2, 0.25) is 7.42 Å². The number of benzene rings is 1. The zero-order chi connectivity index (χ0) is 11.3. The summed E-state index contributed by atoms with van der Waals surface area (Å²) in [5.41, 5.74) is 3.33. The Bertz CT molecular complexity index is 299. The Hall–Kier alpha value is 0.0169. The van der Waals surface area contributed by atoms with E-state index in [0.717, 1.165) is 12.8 Å². The van der Waals surface area contributed by atoms with Crippen LogP contribution in [-0.4, -0.2) is 7.42 Å². The van der Waals surface area contributed by atoms with E-state index in [1.54, 1.807) is 0 Å². The zero-order valence-corrected chi connectivity index (χ0v) is 12.0. The summed E-state index contributed by atoms with van der Waals surface area (Å²) in [6.07, 6.45) is 3.37. The van der Waals surface area contributed by atoms with E-state index in [4.69, 9.17) is 22.2 Å². The minimum atomic E-state index is -1.53. The average Bonchev–Trinajstić information content (AvgIpc) is 2.21. The fourth-order valence-electron chi connectivity index (χ4n) is 1.71. The summed E-state index contributed by atoms with van der Waals surface area (Å²) in [6.45, 7) is 4.36. The van der Waals surface area contributed by atoms with E-state index in [9.17, 15) is 0 Å². The van der Waals surface area contributed by atoms with E-state index in [1.165, 1.54) is 17.5 Å². The molecular formula is C12H18Cl2Si. The van der Waals surface area contributed by atoms with E-state index in [2.05, 4.69) is 38.1 Å². The van der Waals surface area contributed by atoms with Crippen molar-refractivity contribution in [3.8, 4) is 0 Å². The van der Waals surface area contributed by atoms with Crippen molar-refractivity contribution in [3.63, 3.8) is 0 Å². The van der Waals surface area contributed by atoms with E-state index < -0.39 is 7.42 Å². The molecule has 15 heavy (non-hydrogen) atoms. The van der Waals surface area contributed by atoms with E-state index >= 15 is 0 Å². The van der Waals surface area contributed by atoms with Gasteiger partial charge in [-0.1, -0.05) is 44.5 Å². The van der Waals surface area contributed by atoms with Crippen molar-refractivity contribution in [2.24, 2.45) is 0 Å². The Balaban J connectivity index is 2.74. The molecule has 0 bridgehead atoms. The van der Waals surface area contributed by atoms with Crippen molar-refractivity contribution in [1.82, 2.24) is 0 Å². The molecule has 1 aromatic carbocycles. The molecule has 1 rings (SSSR count). The van der Waals surface area contributed by atoms with Gasteiger partial charge in [-0.25, -0.2) is 0 Å². The molecule has 0 nitrogen and oxygen atoms in total. The predicted octanol–water partition coefficient (Wildman–Crippen LogP) is 4.27. The van der Waals surface area contributed by atoms with Crippen LogP contribution in [0.25, 0.3) is 0 Å². The molecule has 0 aliphatic heterocycles. The van der Waals surface area contributed by atoms with Crippen molar-refractivity contribution in [2.45, 2.75) is 38.7 Å². The first-order valence-corrected chi connectivity index (χ1v) is 9.66. The Kier molecular flexibility index (Phi) is 5.73. The smallest absolute Gasteiger partial charge is 0.150 e. The van der Waals surface area contributed by atoms with Crippen LogP contribution in [0.5, 0.6) is 0 Å². The van der Waals surface area contributed by atoms with Gasteiger partial charge in [0.15, 0.2) is 0 Å². The number of halogens is 2. The normalized spacial score (nSPS) is 13.1. The summed E-state index contributed by atoms with van der Waals surface area (Å²) >= 11 is 12.0. The van der Waals surface area contributed by atoms with E-state index in [1.807, 2.05) is 0 Å². The van der Waals surface area contributed by atoms with Crippen molar-refractivity contribution < 1.29 is 0 Å². The molecule has 1 atom stereocenters. The Morgan fingerprint density at radius 3 is 2.33 bits per heavy atom. The lowest BCUT2D eigenvalue weighted by atomic mass is 10.00. The average molecular weight is 261 g/mol. The number of rotatable bonds is 5. The molecule has 1 unspecified atom stereocenters. The molecule has 84 valence electrons. The van der Waals surface area contributed by atoms with Crippen LogP contribution in [0, 0.1) is 0 Å². The molecule has 1 aromatic rings. The van der Waals surface area contributed by atoms with Gasteiger partial charge in [0.25, 0.3) is 0 Å². The van der Waals surface area contributed by atoms with Crippen LogP contribution < -0.4 is 0 Å². The third-order valence-electron chi connectivity index (χ3n) is 2.61. The highest BCUT2D eigenvalue weighted by Gasteiger charge is 2.15. The highest BCUT2D eigenvalue weighted by Crippen LogP contribution is 2.24. The van der Waals surface area contributed by atoms with Gasteiger partial charge in [-0.3, -0.25) is 0 Å². The zero-order valence-electron chi connectivity index (χ0n) is 9.34. The fourth-order valence-corrected chi connectivity index (χ4v) is 2.67. The van der Waals surface area contributed by atoms with Gasteiger partial charge < -0.3 is 0 Å². The van der Waals surface area contributed by atoms with Crippen LogP contribution in [0.3, 0.4) is 0 Å². The highest BCUT2D eigenvalue weighted by atomic mass is 35.7. The minimum absolute atomic E-state index is 0.450. The van der Waals surface area contributed by atoms with Gasteiger partial charge in [-0.15, -0.1) is 0 Å². The molecule has 0 radical (unpaired) electrons. The monoisotopic (exact) mass is 260 g/mol. The minimum Gasteiger partial charge on any atom is -0.150 e. The molecule has 0 saturated carbocycles. The standard InChI is InChI=1S/C12H18Cl2Si/c1-3-6-11-7-4-5-8-12(11)9-10(2)15(13)14/h4-5,7-8,10,15H,3,6,9H2,1-2H3. The van der Waals surface area contributed by atoms with Gasteiger partial charge in [0.05, 0.1) is 0 Å². The second-order valence-electron chi connectivity index (χ2n) is 4.03. The summed E-state index contributed by atoms with van der Waals surface area (Å²) in [4.78, 5) is 0. The maximum Gasteiger partial charge on any atom is 0.240 e. The van der Waals surface area contributed by atoms with Crippen LogP contribution in [0.15, 0.2) is 24.3 Å². The summed E-state index contributed by atoms with van der Waals surface area (Å²) in [6, 6.07) is 8.62. The van der Waals surface area contributed by atoms with Gasteiger partial charge in [-0.05, 0) is 29.5 Å². The second kappa shape index (κ2) is 6.57. The van der Waals surface area contributed by atoms with Crippen molar-refractivity contribution in [1.29, 1.82) is 0 Å². The molecule has 3 heteroatoms. The lowest BCUT2D eigenvalue weighted by Gasteiger charge is -2.14. The van der Waals surface area contributed by atoms with Crippen LogP contribution in [0.1, 0.15) is 31.4 Å². The molecule has 0 saturated heterocycles. The summed E-state index contributed by atoms with van der Waals surface area (Å²) < 4.78 is 0. The molecule has 0 spiro atoms. The second-order valence-corrected chi connectivity index (χ2v) is 9.33. The first-order valence-electron chi connectivity index (χ1n) is 5.50. The third kappa shape index (κ3) is 4.18. The quantitative estimate of drug-likeness (QED) is 0.548. The van der Waals surface area contributed by atoms with Crippen molar-refractivity contribution in [3.05, 3.63) is 35.4 Å². The number of hydrogen-bond acceptors (Lipinski definition) is 0. The molecular weight excluding hydrogens is 243 g/mol. The van der Waals surface area contributed by atoms with Gasteiger partial charge >= 0.3 is 0 Å². The van der Waals surface area contributed by atoms with Crippen molar-refractivity contribution >= 4 is 29.6 Å². The molecule has 0 aliphatic rings. The van der Waals surface area contributed by atoms with E-state index in [-0.39, 0.29) is 0 Å². The molecule has 0 aliphatic carbocycles. The maximum atomic E-state index is 6.01. The third-order valence-corrected chi connectivity index (χ3v) is 6.29. The van der Waals surface area contributed by atoms with Crippen LogP contribution >= 0.6 is 22.2 Å². The molecule has 0 amide bonds. The largest absolute Gasteiger partial charge is 0.240 e. The van der Waals surface area contributed by atoms with Crippen LogP contribution in [-0.2, 0) is 12.8 Å². The summed E-state index contributed by atoms with van der Waals surface area (Å²) in [5, 5.41) is 0. The summed E-state index contributed by atoms with van der Waals surface area (Å²) in [5.74, 6) is 0. The predicted molar refractivity (Wildman–Crippen MR) is 72.4 cm³/mol. The molecule has 0 N–H and O–H groups in total. The van der Waals surface area contributed by atoms with Gasteiger partial charge in [0, 0.05) is 0 Å². The lowest BCUT2D eigenvalue weighted by molar-refractivity contribution is 0.855. The van der Waals surface area contributed by atoms with Crippen LogP contribution in [0.4, 0.5) is 0 Å². The maximum absolute atomic E-state index is 6.01. The molecule has 0 fully saturated rings. The van der Waals surface area contributed by atoms with Gasteiger partial charge in [-0.2, -0.15) is 22.2 Å². The number of hydrogen-bond donors (Lipinski definition) is 0. The lowest BCUT2D eigenvalue weighted by Crippen LogP contribution is -2.08. The number of aryl methyl sites for hydroxylation is 1. The Morgan fingerprint density at radius 1 is 1.20 bits per heavy atom. The van der Waals surface area contributed by atoms with E-state index in [0.29, 0.717) is 5.54 Å². The Morgan fingerprint density at radius 2 is 1.80 bits per heavy atom. The Labute approximate surface area is 104 Å². The molecule has 0 aromatic heterocycles. The first-order chi connectivity index (χ1) is 7.15. The van der Waals surface area contributed by atoms with Gasteiger partial charge in [0.1, 0.15) is 0 Å². The topological polar surface area (TPSA) is 0 Å². The fraction of sp³-hybridized carbons (Fsp3) is 0.500.